The van der Waals surface area contributed by atoms with Crippen molar-refractivity contribution >= 4 is 29.6 Å². The summed E-state index contributed by atoms with van der Waals surface area (Å²) in [5, 5.41) is 4.77. The second-order valence-corrected chi connectivity index (χ2v) is 7.39. The van der Waals surface area contributed by atoms with Crippen LogP contribution in [0, 0.1) is 11.6 Å². The second kappa shape index (κ2) is 9.95. The first-order valence-corrected chi connectivity index (χ1v) is 10.3. The number of anilines is 1. The SMILES string of the molecule is O=C(CN1C(=O)N/C(=C/c2ccc(OCc3ccc(F)cc3)cc2)C1=O)Nc1ccccc1F. The Bertz CT molecular complexity index is 1260. The molecule has 1 saturated heterocycles. The predicted octanol–water partition coefficient (Wildman–Crippen LogP) is 4.08. The Morgan fingerprint density at radius 3 is 2.38 bits per heavy atom. The molecule has 0 saturated carbocycles. The van der Waals surface area contributed by atoms with Gasteiger partial charge in [-0.2, -0.15) is 0 Å². The van der Waals surface area contributed by atoms with Gasteiger partial charge in [-0.3, -0.25) is 9.59 Å². The Balaban J connectivity index is 1.36. The Labute approximate surface area is 193 Å². The molecule has 3 aromatic carbocycles. The van der Waals surface area contributed by atoms with E-state index in [0.717, 1.165) is 10.5 Å². The molecule has 0 radical (unpaired) electrons. The molecule has 1 aliphatic heterocycles. The molecule has 4 rings (SSSR count). The molecule has 7 nitrogen and oxygen atoms in total. The third kappa shape index (κ3) is 5.44. The van der Waals surface area contributed by atoms with E-state index >= 15 is 0 Å². The number of amides is 4. The van der Waals surface area contributed by atoms with Crippen molar-refractivity contribution in [3.63, 3.8) is 0 Å². The van der Waals surface area contributed by atoms with Gasteiger partial charge in [0, 0.05) is 0 Å². The fourth-order valence-electron chi connectivity index (χ4n) is 3.19. The molecule has 0 bridgehead atoms. The predicted molar refractivity (Wildman–Crippen MR) is 120 cm³/mol. The molecule has 2 N–H and O–H groups in total. The van der Waals surface area contributed by atoms with Crippen molar-refractivity contribution in [1.29, 1.82) is 0 Å². The first-order valence-electron chi connectivity index (χ1n) is 10.3. The van der Waals surface area contributed by atoms with Crippen molar-refractivity contribution < 1.29 is 27.9 Å². The van der Waals surface area contributed by atoms with E-state index in [2.05, 4.69) is 10.6 Å². The van der Waals surface area contributed by atoms with Crippen molar-refractivity contribution in [3.05, 3.63) is 101 Å². The number of ether oxygens (including phenoxy) is 1. The number of benzene rings is 3. The van der Waals surface area contributed by atoms with Crippen molar-refractivity contribution in [2.24, 2.45) is 0 Å². The minimum absolute atomic E-state index is 0.00340. The van der Waals surface area contributed by atoms with Crippen LogP contribution in [0.5, 0.6) is 5.75 Å². The summed E-state index contributed by atoms with van der Waals surface area (Å²) in [6.45, 7) is -0.300. The number of rotatable bonds is 7. The molecule has 1 fully saturated rings. The van der Waals surface area contributed by atoms with E-state index in [0.29, 0.717) is 11.3 Å². The lowest BCUT2D eigenvalue weighted by Gasteiger charge is -2.12. The number of hydrogen-bond acceptors (Lipinski definition) is 4. The van der Waals surface area contributed by atoms with Gasteiger partial charge in [-0.05, 0) is 53.6 Å². The number of halogens is 2. The molecule has 1 aliphatic rings. The maximum Gasteiger partial charge on any atom is 0.329 e. The highest BCUT2D eigenvalue weighted by atomic mass is 19.1. The van der Waals surface area contributed by atoms with Gasteiger partial charge in [-0.15, -0.1) is 0 Å². The summed E-state index contributed by atoms with van der Waals surface area (Å²) in [4.78, 5) is 37.7. The molecule has 3 aromatic rings. The van der Waals surface area contributed by atoms with Crippen LogP contribution in [0.3, 0.4) is 0 Å². The minimum Gasteiger partial charge on any atom is -0.489 e. The molecule has 0 atom stereocenters. The Hall–Kier alpha value is -4.53. The Morgan fingerprint density at radius 2 is 1.68 bits per heavy atom. The number of nitrogens with one attached hydrogen (secondary N) is 2. The molecule has 4 amide bonds. The Kier molecular flexibility index (Phi) is 6.63. The highest BCUT2D eigenvalue weighted by Gasteiger charge is 2.35. The van der Waals surface area contributed by atoms with Crippen LogP contribution in [0.25, 0.3) is 6.08 Å². The number of urea groups is 1. The average molecular weight is 463 g/mol. The van der Waals surface area contributed by atoms with Gasteiger partial charge in [0.25, 0.3) is 5.91 Å². The molecule has 9 heteroatoms. The third-order valence-corrected chi connectivity index (χ3v) is 4.92. The van der Waals surface area contributed by atoms with Gasteiger partial charge in [0.05, 0.1) is 5.69 Å². The van der Waals surface area contributed by atoms with Crippen LogP contribution in [0.1, 0.15) is 11.1 Å². The van der Waals surface area contributed by atoms with Gasteiger partial charge in [-0.25, -0.2) is 18.5 Å². The van der Waals surface area contributed by atoms with E-state index in [9.17, 15) is 23.2 Å². The van der Waals surface area contributed by atoms with E-state index < -0.39 is 30.2 Å². The molecular weight excluding hydrogens is 444 g/mol. The fraction of sp³-hybridized carbons (Fsp3) is 0.0800. The van der Waals surface area contributed by atoms with E-state index in [1.54, 1.807) is 42.5 Å². The average Bonchev–Trinajstić information content (AvgIpc) is 3.08. The normalized spacial score (nSPS) is 14.3. The van der Waals surface area contributed by atoms with E-state index in [-0.39, 0.29) is 23.8 Å². The lowest BCUT2D eigenvalue weighted by Crippen LogP contribution is -2.38. The second-order valence-electron chi connectivity index (χ2n) is 7.39. The van der Waals surface area contributed by atoms with Crippen molar-refractivity contribution in [3.8, 4) is 5.75 Å². The molecule has 0 unspecified atom stereocenters. The van der Waals surface area contributed by atoms with Gasteiger partial charge >= 0.3 is 6.03 Å². The summed E-state index contributed by atoms with van der Waals surface area (Å²) in [6, 6.07) is 17.6. The van der Waals surface area contributed by atoms with Crippen LogP contribution < -0.4 is 15.4 Å². The highest BCUT2D eigenvalue weighted by Crippen LogP contribution is 2.19. The van der Waals surface area contributed by atoms with E-state index in [1.165, 1.54) is 36.4 Å². The number of carbonyl (C=O) groups is 3. The van der Waals surface area contributed by atoms with Gasteiger partial charge in [0.15, 0.2) is 0 Å². The summed E-state index contributed by atoms with van der Waals surface area (Å²) < 4.78 is 32.3. The standard InChI is InChI=1S/C25H19F2N3O4/c26-18-9-5-17(6-10-18)15-34-19-11-7-16(8-12-19)13-22-24(32)30(25(33)29-22)14-23(31)28-21-4-2-1-3-20(21)27/h1-13H,14-15H2,(H,28,31)(H,29,33)/b22-13+. The lowest BCUT2D eigenvalue weighted by atomic mass is 10.2. The van der Waals surface area contributed by atoms with Gasteiger partial charge < -0.3 is 15.4 Å². The molecule has 0 aliphatic carbocycles. The molecule has 0 spiro atoms. The molecule has 172 valence electrons. The van der Waals surface area contributed by atoms with Crippen molar-refractivity contribution in [2.45, 2.75) is 6.61 Å². The first-order chi connectivity index (χ1) is 16.4. The number of para-hydroxylation sites is 1. The minimum atomic E-state index is -0.751. The summed E-state index contributed by atoms with van der Waals surface area (Å²) in [5.74, 6) is -1.76. The quantitative estimate of drug-likeness (QED) is 0.408. The maximum absolute atomic E-state index is 13.7. The summed E-state index contributed by atoms with van der Waals surface area (Å²) in [6.07, 6.45) is 1.47. The summed E-state index contributed by atoms with van der Waals surface area (Å²) >= 11 is 0. The molecule has 34 heavy (non-hydrogen) atoms. The monoisotopic (exact) mass is 463 g/mol. The highest BCUT2D eigenvalue weighted by molar-refractivity contribution is 6.15. The number of carbonyl (C=O) groups excluding carboxylic acids is 3. The van der Waals surface area contributed by atoms with E-state index in [4.69, 9.17) is 4.74 Å². The lowest BCUT2D eigenvalue weighted by molar-refractivity contribution is -0.127. The van der Waals surface area contributed by atoms with Crippen LogP contribution >= 0.6 is 0 Å². The number of nitrogens with zero attached hydrogens (tertiary/aromatic N) is 1. The largest absolute Gasteiger partial charge is 0.489 e. The van der Waals surface area contributed by atoms with Crippen LogP contribution in [-0.4, -0.2) is 29.3 Å². The topological polar surface area (TPSA) is 87.7 Å². The smallest absolute Gasteiger partial charge is 0.329 e. The number of imide groups is 1. The van der Waals surface area contributed by atoms with Crippen LogP contribution in [0.4, 0.5) is 19.3 Å². The van der Waals surface area contributed by atoms with E-state index in [1.807, 2.05) is 0 Å². The van der Waals surface area contributed by atoms with Crippen LogP contribution in [0.2, 0.25) is 0 Å². The van der Waals surface area contributed by atoms with Crippen molar-refractivity contribution in [1.82, 2.24) is 10.2 Å². The Morgan fingerprint density at radius 1 is 0.971 bits per heavy atom. The zero-order chi connectivity index (χ0) is 24.1. The molecule has 1 heterocycles. The van der Waals surface area contributed by atoms with Crippen LogP contribution in [-0.2, 0) is 16.2 Å². The first kappa shape index (κ1) is 22.7. The summed E-state index contributed by atoms with van der Waals surface area (Å²) in [5.41, 5.74) is 1.39. The number of hydrogen-bond donors (Lipinski definition) is 2. The zero-order valence-electron chi connectivity index (χ0n) is 17.8. The van der Waals surface area contributed by atoms with Crippen LogP contribution in [0.15, 0.2) is 78.5 Å². The third-order valence-electron chi connectivity index (χ3n) is 4.92. The zero-order valence-corrected chi connectivity index (χ0v) is 17.8. The maximum atomic E-state index is 13.7. The van der Waals surface area contributed by atoms with Crippen molar-refractivity contribution in [2.75, 3.05) is 11.9 Å². The van der Waals surface area contributed by atoms with Gasteiger partial charge in [-0.1, -0.05) is 36.4 Å². The van der Waals surface area contributed by atoms with Gasteiger partial charge in [0.2, 0.25) is 5.91 Å². The molecule has 0 aromatic heterocycles. The molecular formula is C25H19F2N3O4. The summed E-state index contributed by atoms with van der Waals surface area (Å²) in [7, 11) is 0. The van der Waals surface area contributed by atoms with Gasteiger partial charge in [0.1, 0.15) is 36.2 Å². The fourth-order valence-corrected chi connectivity index (χ4v) is 3.19.